The van der Waals surface area contributed by atoms with Crippen molar-refractivity contribution >= 4 is 11.9 Å². The highest BCUT2D eigenvalue weighted by Crippen LogP contribution is 1.96. The average Bonchev–Trinajstić information content (AvgIpc) is 1.96. The highest BCUT2D eigenvalue weighted by Gasteiger charge is 2.12. The molecule has 0 aromatic heterocycles. The smallest absolute Gasteiger partial charge is 0.248 e. The average molecular weight is 202 g/mol. The van der Waals surface area contributed by atoms with Crippen molar-refractivity contribution in [2.45, 2.75) is 32.4 Å². The van der Waals surface area contributed by atoms with Crippen LogP contribution in [0.15, 0.2) is 4.99 Å². The Labute approximate surface area is 83.4 Å². The summed E-state index contributed by atoms with van der Waals surface area (Å²) in [5.74, 6) is -0.630. The summed E-state index contributed by atoms with van der Waals surface area (Å²) in [6.45, 7) is 5.63. The summed E-state index contributed by atoms with van der Waals surface area (Å²) < 4.78 is 0. The van der Waals surface area contributed by atoms with Gasteiger partial charge in [0.15, 0.2) is 12.1 Å². The summed E-state index contributed by atoms with van der Waals surface area (Å²) in [6, 6.07) is 0. The van der Waals surface area contributed by atoms with Crippen molar-refractivity contribution in [2.24, 2.45) is 16.5 Å². The van der Waals surface area contributed by atoms with Crippen LogP contribution < -0.4 is 16.8 Å². The number of carbonyl (C=O) groups excluding carboxylic acids is 1. The molecular formula is C8H18N4O2. The first-order chi connectivity index (χ1) is 6.22. The summed E-state index contributed by atoms with van der Waals surface area (Å²) in [7, 11) is 0. The fraction of sp³-hybridized carbons (Fsp3) is 0.750. The minimum Gasteiger partial charge on any atom is -0.381 e. The first kappa shape index (κ1) is 12.7. The van der Waals surface area contributed by atoms with Crippen LogP contribution in [0.5, 0.6) is 0 Å². The van der Waals surface area contributed by atoms with Crippen LogP contribution in [0, 0.1) is 0 Å². The van der Waals surface area contributed by atoms with Gasteiger partial charge in [0.05, 0.1) is 6.54 Å². The Morgan fingerprint density at radius 3 is 2.36 bits per heavy atom. The number of hydrogen-bond acceptors (Lipinski definition) is 3. The molecular weight excluding hydrogens is 184 g/mol. The molecule has 0 aliphatic rings. The van der Waals surface area contributed by atoms with Crippen LogP contribution in [0.25, 0.3) is 0 Å². The van der Waals surface area contributed by atoms with Crippen LogP contribution in [0.4, 0.5) is 0 Å². The maximum Gasteiger partial charge on any atom is 0.248 e. The quantitative estimate of drug-likeness (QED) is 0.330. The largest absolute Gasteiger partial charge is 0.381 e. The van der Waals surface area contributed by atoms with Gasteiger partial charge < -0.3 is 21.9 Å². The minimum absolute atomic E-state index is 0.121. The van der Waals surface area contributed by atoms with Gasteiger partial charge in [-0.2, -0.15) is 0 Å². The molecule has 0 bridgehead atoms. The molecule has 0 aromatic rings. The molecule has 1 amide bonds. The number of aliphatic imine (C=N–C) groups is 1. The van der Waals surface area contributed by atoms with Gasteiger partial charge in [0.2, 0.25) is 5.91 Å². The zero-order chi connectivity index (χ0) is 11.4. The molecule has 0 fully saturated rings. The molecule has 6 nitrogen and oxygen atoms in total. The van der Waals surface area contributed by atoms with Crippen molar-refractivity contribution in [1.82, 2.24) is 5.32 Å². The van der Waals surface area contributed by atoms with Crippen molar-refractivity contribution in [3.63, 3.8) is 0 Å². The second kappa shape index (κ2) is 4.80. The molecule has 1 unspecified atom stereocenters. The molecule has 82 valence electrons. The van der Waals surface area contributed by atoms with Gasteiger partial charge in [-0.15, -0.1) is 0 Å². The highest BCUT2D eigenvalue weighted by molar-refractivity contribution is 5.81. The van der Waals surface area contributed by atoms with E-state index in [1.54, 1.807) is 0 Å². The van der Waals surface area contributed by atoms with Crippen LogP contribution in [-0.4, -0.2) is 35.2 Å². The number of hydrogen-bond donors (Lipinski definition) is 4. The molecule has 0 heterocycles. The van der Waals surface area contributed by atoms with Crippen LogP contribution in [0.3, 0.4) is 0 Å². The topological polar surface area (TPSA) is 114 Å². The lowest BCUT2D eigenvalue weighted by Crippen LogP contribution is -2.45. The van der Waals surface area contributed by atoms with E-state index in [-0.39, 0.29) is 18.0 Å². The predicted octanol–water partition coefficient (Wildman–Crippen LogP) is -1.46. The zero-order valence-corrected chi connectivity index (χ0v) is 8.74. The molecule has 0 aromatic carbocycles. The van der Waals surface area contributed by atoms with E-state index in [1.807, 2.05) is 20.8 Å². The van der Waals surface area contributed by atoms with Gasteiger partial charge in [-0.1, -0.05) is 0 Å². The Bertz CT molecular complexity index is 232. The Kier molecular flexibility index (Phi) is 4.36. The predicted molar refractivity (Wildman–Crippen MR) is 54.6 cm³/mol. The fourth-order valence-corrected chi connectivity index (χ4v) is 0.699. The lowest BCUT2D eigenvalue weighted by atomic mass is 10.1. The van der Waals surface area contributed by atoms with Gasteiger partial charge in [0.25, 0.3) is 0 Å². The van der Waals surface area contributed by atoms with E-state index in [4.69, 9.17) is 16.6 Å². The molecule has 0 spiro atoms. The highest BCUT2D eigenvalue weighted by atomic mass is 16.3. The van der Waals surface area contributed by atoms with Crippen molar-refractivity contribution in [2.75, 3.05) is 6.54 Å². The number of nitrogens with zero attached hydrogens (tertiary/aromatic N) is 1. The number of nitrogens with two attached hydrogens (primary N) is 2. The number of amides is 1. The van der Waals surface area contributed by atoms with E-state index >= 15 is 0 Å². The van der Waals surface area contributed by atoms with Gasteiger partial charge in [0.1, 0.15) is 0 Å². The zero-order valence-electron chi connectivity index (χ0n) is 8.74. The van der Waals surface area contributed by atoms with Crippen molar-refractivity contribution in [3.05, 3.63) is 0 Å². The lowest BCUT2D eigenvalue weighted by Gasteiger charge is -2.21. The maximum atomic E-state index is 10.4. The van der Waals surface area contributed by atoms with E-state index < -0.39 is 12.0 Å². The van der Waals surface area contributed by atoms with E-state index in [0.717, 1.165) is 0 Å². The monoisotopic (exact) mass is 202 g/mol. The van der Waals surface area contributed by atoms with Gasteiger partial charge >= 0.3 is 0 Å². The Morgan fingerprint density at radius 2 is 2.00 bits per heavy atom. The summed E-state index contributed by atoms with van der Waals surface area (Å²) in [4.78, 5) is 14.2. The van der Waals surface area contributed by atoms with Gasteiger partial charge in [0, 0.05) is 5.54 Å². The van der Waals surface area contributed by atoms with Crippen LogP contribution >= 0.6 is 0 Å². The minimum atomic E-state index is -1.28. The van der Waals surface area contributed by atoms with Gasteiger partial charge in [-0.25, -0.2) is 0 Å². The molecule has 0 aliphatic heterocycles. The molecule has 0 saturated carbocycles. The fourth-order valence-electron chi connectivity index (χ4n) is 0.699. The van der Waals surface area contributed by atoms with Crippen molar-refractivity contribution < 1.29 is 9.90 Å². The first-order valence-electron chi connectivity index (χ1n) is 4.28. The second-order valence-electron chi connectivity index (χ2n) is 4.02. The summed E-state index contributed by atoms with van der Waals surface area (Å²) in [6.07, 6.45) is -1.28. The number of primary amides is 1. The summed E-state index contributed by atoms with van der Waals surface area (Å²) >= 11 is 0. The lowest BCUT2D eigenvalue weighted by molar-refractivity contribution is -0.125. The number of nitrogens with one attached hydrogen (secondary N) is 1. The number of guanidine groups is 1. The Morgan fingerprint density at radius 1 is 1.50 bits per heavy atom. The van der Waals surface area contributed by atoms with Crippen molar-refractivity contribution in [3.8, 4) is 0 Å². The standard InChI is InChI=1S/C8H18N4O2/c1-8(2,3)12-7(10)11-4-5(13)6(9)14/h5,13H,4H2,1-3H3,(H2,9,14)(H3,10,11,12). The van der Waals surface area contributed by atoms with Crippen molar-refractivity contribution in [1.29, 1.82) is 0 Å². The molecule has 6 heteroatoms. The molecule has 14 heavy (non-hydrogen) atoms. The number of aliphatic hydroxyl groups is 1. The Balaban J connectivity index is 4.07. The number of carbonyl (C=O) groups is 1. The van der Waals surface area contributed by atoms with E-state index in [1.165, 1.54) is 0 Å². The van der Waals surface area contributed by atoms with Gasteiger partial charge in [-0.3, -0.25) is 9.79 Å². The molecule has 0 aliphatic carbocycles. The molecule has 0 radical (unpaired) electrons. The van der Waals surface area contributed by atoms with Gasteiger partial charge in [-0.05, 0) is 20.8 Å². The second-order valence-corrected chi connectivity index (χ2v) is 4.02. The number of aliphatic hydroxyl groups excluding tert-OH is 1. The third kappa shape index (κ3) is 6.24. The summed E-state index contributed by atoms with van der Waals surface area (Å²) in [5, 5.41) is 11.9. The first-order valence-corrected chi connectivity index (χ1v) is 4.28. The normalized spacial score (nSPS) is 15.0. The van der Waals surface area contributed by atoms with E-state index in [9.17, 15) is 4.79 Å². The van der Waals surface area contributed by atoms with Crippen LogP contribution in [-0.2, 0) is 4.79 Å². The SMILES string of the molecule is CC(C)(C)NC(N)=NCC(O)C(N)=O. The Hall–Kier alpha value is -1.30. The van der Waals surface area contributed by atoms with Crippen LogP contribution in [0.1, 0.15) is 20.8 Å². The maximum absolute atomic E-state index is 10.4. The molecule has 6 N–H and O–H groups in total. The third-order valence-corrected chi connectivity index (χ3v) is 1.27. The number of rotatable bonds is 3. The van der Waals surface area contributed by atoms with E-state index in [0.29, 0.717) is 0 Å². The van der Waals surface area contributed by atoms with Crippen LogP contribution in [0.2, 0.25) is 0 Å². The van der Waals surface area contributed by atoms with E-state index in [2.05, 4.69) is 10.3 Å². The third-order valence-electron chi connectivity index (χ3n) is 1.27. The molecule has 1 atom stereocenters. The molecule has 0 saturated heterocycles. The molecule has 0 rings (SSSR count). The summed E-state index contributed by atoms with van der Waals surface area (Å²) in [5.41, 5.74) is 10.1.